The van der Waals surface area contributed by atoms with Crippen LogP contribution in [0.4, 0.5) is 9.18 Å². The maximum atomic E-state index is 13.0. The lowest BCUT2D eigenvalue weighted by molar-refractivity contribution is -0.139. The summed E-state index contributed by atoms with van der Waals surface area (Å²) in [6, 6.07) is 12.3. The molecule has 0 fully saturated rings. The van der Waals surface area contributed by atoms with Gasteiger partial charge in [0.1, 0.15) is 18.2 Å². The highest BCUT2D eigenvalue weighted by Crippen LogP contribution is 2.30. The van der Waals surface area contributed by atoms with E-state index in [0.29, 0.717) is 30.0 Å². The summed E-state index contributed by atoms with van der Waals surface area (Å²) >= 11 is 0. The minimum absolute atomic E-state index is 0.249. The Hall–Kier alpha value is -3.35. The minimum Gasteiger partial charge on any atom is -0.489 e. The largest absolute Gasteiger partial charge is 0.489 e. The third-order valence-electron chi connectivity index (χ3n) is 4.68. The number of ether oxygens (including phenoxy) is 2. The Morgan fingerprint density at radius 1 is 1.07 bits per heavy atom. The smallest absolute Gasteiger partial charge is 0.338 e. The van der Waals surface area contributed by atoms with Crippen molar-refractivity contribution < 1.29 is 23.5 Å². The highest BCUT2D eigenvalue weighted by Gasteiger charge is 2.33. The van der Waals surface area contributed by atoms with Crippen molar-refractivity contribution in [1.29, 1.82) is 0 Å². The topological polar surface area (TPSA) is 76.7 Å². The number of benzene rings is 2. The van der Waals surface area contributed by atoms with E-state index in [0.717, 1.165) is 17.5 Å². The van der Waals surface area contributed by atoms with Gasteiger partial charge < -0.3 is 20.1 Å². The van der Waals surface area contributed by atoms with Gasteiger partial charge in [0.2, 0.25) is 0 Å². The van der Waals surface area contributed by atoms with E-state index in [1.165, 1.54) is 12.1 Å². The summed E-state index contributed by atoms with van der Waals surface area (Å²) in [7, 11) is 0. The summed E-state index contributed by atoms with van der Waals surface area (Å²) in [5.74, 6) is -0.117. The Morgan fingerprint density at radius 3 is 2.40 bits per heavy atom. The molecule has 2 aromatic carbocycles. The van der Waals surface area contributed by atoms with Crippen molar-refractivity contribution in [2.24, 2.45) is 0 Å². The van der Waals surface area contributed by atoms with Crippen molar-refractivity contribution in [3.63, 3.8) is 0 Å². The van der Waals surface area contributed by atoms with Crippen LogP contribution in [0.5, 0.6) is 5.75 Å². The van der Waals surface area contributed by atoms with Crippen LogP contribution in [0, 0.1) is 5.82 Å². The number of hydrogen-bond donors (Lipinski definition) is 2. The molecule has 3 rings (SSSR count). The van der Waals surface area contributed by atoms with E-state index in [-0.39, 0.29) is 18.5 Å². The average Bonchev–Trinajstić information content (AvgIpc) is 2.74. The highest BCUT2D eigenvalue weighted by atomic mass is 19.1. The summed E-state index contributed by atoms with van der Waals surface area (Å²) < 4.78 is 24.0. The number of allylic oxidation sites excluding steroid dienone is 1. The maximum absolute atomic E-state index is 13.0. The van der Waals surface area contributed by atoms with Crippen molar-refractivity contribution in [3.8, 4) is 5.75 Å². The second kappa shape index (κ2) is 9.91. The zero-order chi connectivity index (χ0) is 21.5. The van der Waals surface area contributed by atoms with Gasteiger partial charge in [0.15, 0.2) is 0 Å². The minimum atomic E-state index is -0.606. The molecule has 0 aliphatic carbocycles. The van der Waals surface area contributed by atoms with E-state index >= 15 is 0 Å². The maximum Gasteiger partial charge on any atom is 0.338 e. The Labute approximate surface area is 175 Å². The van der Waals surface area contributed by atoms with E-state index in [4.69, 9.17) is 9.47 Å². The number of hydrogen-bond acceptors (Lipinski definition) is 4. The SMILES string of the molecule is CCCC1=C(C(=O)OCC)C(c2ccc(OCc3ccc(F)cc3)cc2)NC(=O)N1. The van der Waals surface area contributed by atoms with Gasteiger partial charge >= 0.3 is 12.0 Å². The van der Waals surface area contributed by atoms with Crippen molar-refractivity contribution in [2.45, 2.75) is 39.3 Å². The number of amides is 2. The number of urea groups is 1. The first-order valence-electron chi connectivity index (χ1n) is 9.96. The normalized spacial score (nSPS) is 16.0. The van der Waals surface area contributed by atoms with Crippen LogP contribution in [0.2, 0.25) is 0 Å². The lowest BCUT2D eigenvalue weighted by atomic mass is 9.94. The zero-order valence-corrected chi connectivity index (χ0v) is 17.0. The number of carbonyl (C=O) groups is 2. The lowest BCUT2D eigenvalue weighted by Gasteiger charge is -2.29. The van der Waals surface area contributed by atoms with Crippen LogP contribution in [0.15, 0.2) is 59.8 Å². The molecule has 0 radical (unpaired) electrons. The van der Waals surface area contributed by atoms with Crippen LogP contribution in [0.25, 0.3) is 0 Å². The number of halogens is 1. The fourth-order valence-corrected chi connectivity index (χ4v) is 3.27. The van der Waals surface area contributed by atoms with Gasteiger partial charge in [-0.3, -0.25) is 0 Å². The Kier molecular flexibility index (Phi) is 7.06. The molecule has 7 heteroatoms. The van der Waals surface area contributed by atoms with E-state index in [1.54, 1.807) is 43.3 Å². The molecule has 1 aliphatic heterocycles. The molecule has 0 bridgehead atoms. The number of carbonyl (C=O) groups excluding carboxylic acids is 2. The molecule has 1 unspecified atom stereocenters. The molecule has 2 amide bonds. The van der Waals surface area contributed by atoms with E-state index in [2.05, 4.69) is 10.6 Å². The zero-order valence-electron chi connectivity index (χ0n) is 17.0. The van der Waals surface area contributed by atoms with Gasteiger partial charge in [-0.2, -0.15) is 0 Å². The van der Waals surface area contributed by atoms with Gasteiger partial charge in [0.25, 0.3) is 0 Å². The van der Waals surface area contributed by atoms with Gasteiger partial charge in [-0.25, -0.2) is 14.0 Å². The molecule has 30 heavy (non-hydrogen) atoms. The fraction of sp³-hybridized carbons (Fsp3) is 0.304. The first-order chi connectivity index (χ1) is 14.5. The molecule has 1 heterocycles. The average molecular weight is 412 g/mol. The number of esters is 1. The van der Waals surface area contributed by atoms with Crippen LogP contribution >= 0.6 is 0 Å². The standard InChI is InChI=1S/C23H25FN2O4/c1-3-5-19-20(22(27)29-4-2)21(26-23(28)25-19)16-8-12-18(13-9-16)30-14-15-6-10-17(24)11-7-15/h6-13,21H,3-5,14H2,1-2H3,(H2,25,26,28). The highest BCUT2D eigenvalue weighted by molar-refractivity contribution is 5.95. The third kappa shape index (κ3) is 5.17. The first kappa shape index (κ1) is 21.4. The lowest BCUT2D eigenvalue weighted by Crippen LogP contribution is -2.46. The summed E-state index contributed by atoms with van der Waals surface area (Å²) in [5.41, 5.74) is 2.60. The molecular formula is C23H25FN2O4. The molecule has 6 nitrogen and oxygen atoms in total. The summed E-state index contributed by atoms with van der Waals surface area (Å²) in [4.78, 5) is 24.7. The van der Waals surface area contributed by atoms with Crippen LogP contribution in [0.1, 0.15) is 43.9 Å². The van der Waals surface area contributed by atoms with Crippen LogP contribution in [-0.4, -0.2) is 18.6 Å². The van der Waals surface area contributed by atoms with Gasteiger partial charge in [0.05, 0.1) is 18.2 Å². The van der Waals surface area contributed by atoms with E-state index in [1.807, 2.05) is 6.92 Å². The number of rotatable bonds is 8. The molecule has 2 aromatic rings. The third-order valence-corrected chi connectivity index (χ3v) is 4.68. The van der Waals surface area contributed by atoms with Crippen LogP contribution in [0.3, 0.4) is 0 Å². The summed E-state index contributed by atoms with van der Waals surface area (Å²) in [5, 5.41) is 5.55. The van der Waals surface area contributed by atoms with Gasteiger partial charge in [-0.15, -0.1) is 0 Å². The van der Waals surface area contributed by atoms with Crippen molar-refractivity contribution in [2.75, 3.05) is 6.61 Å². The molecule has 1 aliphatic rings. The predicted octanol–water partition coefficient (Wildman–Crippen LogP) is 4.38. The molecule has 158 valence electrons. The monoisotopic (exact) mass is 412 g/mol. The molecule has 0 saturated carbocycles. The summed E-state index contributed by atoms with van der Waals surface area (Å²) in [6.07, 6.45) is 1.35. The Morgan fingerprint density at radius 2 is 1.77 bits per heavy atom. The van der Waals surface area contributed by atoms with Gasteiger partial charge in [0, 0.05) is 5.70 Å². The molecular weight excluding hydrogens is 387 g/mol. The van der Waals surface area contributed by atoms with Crippen molar-refractivity contribution in [1.82, 2.24) is 10.6 Å². The van der Waals surface area contributed by atoms with Gasteiger partial charge in [-0.05, 0) is 48.7 Å². The van der Waals surface area contributed by atoms with Crippen LogP contribution < -0.4 is 15.4 Å². The molecule has 0 aromatic heterocycles. The quantitative estimate of drug-likeness (QED) is 0.631. The number of nitrogens with one attached hydrogen (secondary N) is 2. The summed E-state index contributed by atoms with van der Waals surface area (Å²) in [6.45, 7) is 4.28. The van der Waals surface area contributed by atoms with Crippen molar-refractivity contribution in [3.05, 3.63) is 76.7 Å². The predicted molar refractivity (Wildman–Crippen MR) is 110 cm³/mol. The Bertz CT molecular complexity index is 923. The molecule has 0 saturated heterocycles. The second-order valence-corrected chi connectivity index (χ2v) is 6.88. The Balaban J connectivity index is 1.79. The second-order valence-electron chi connectivity index (χ2n) is 6.88. The fourth-order valence-electron chi connectivity index (χ4n) is 3.27. The van der Waals surface area contributed by atoms with Crippen molar-refractivity contribution >= 4 is 12.0 Å². The molecule has 1 atom stereocenters. The molecule has 2 N–H and O–H groups in total. The van der Waals surface area contributed by atoms with Crippen LogP contribution in [-0.2, 0) is 16.1 Å². The van der Waals surface area contributed by atoms with Gasteiger partial charge in [-0.1, -0.05) is 37.6 Å². The van der Waals surface area contributed by atoms with E-state index in [9.17, 15) is 14.0 Å². The first-order valence-corrected chi connectivity index (χ1v) is 9.96. The molecule has 0 spiro atoms. The van der Waals surface area contributed by atoms with E-state index < -0.39 is 12.0 Å².